The van der Waals surface area contributed by atoms with Gasteiger partial charge in [0.2, 0.25) is 0 Å². The minimum absolute atomic E-state index is 0.0674. The van der Waals surface area contributed by atoms with Gasteiger partial charge in [-0.1, -0.05) is 0 Å². The number of rotatable bonds is 2. The molecule has 1 fully saturated rings. The highest BCUT2D eigenvalue weighted by Gasteiger charge is 2.27. The molecule has 1 aromatic carbocycles. The van der Waals surface area contributed by atoms with Crippen molar-refractivity contribution in [3.63, 3.8) is 0 Å². The van der Waals surface area contributed by atoms with Crippen molar-refractivity contribution in [2.24, 2.45) is 5.92 Å². The third-order valence-corrected chi connectivity index (χ3v) is 4.03. The van der Waals surface area contributed by atoms with Crippen molar-refractivity contribution in [1.82, 2.24) is 9.88 Å². The van der Waals surface area contributed by atoms with E-state index in [1.54, 1.807) is 24.0 Å². The number of fused-ring (bicyclic) bond motifs is 1. The van der Waals surface area contributed by atoms with E-state index in [1.807, 2.05) is 0 Å². The quantitative estimate of drug-likeness (QED) is 0.921. The fourth-order valence-electron chi connectivity index (χ4n) is 2.79. The smallest absolute Gasteiger partial charge is 0.255 e. The SMILES string of the molecule is Cc1nc2cc(F)ccc2cc1C(=O)N1CCC(CO)C1. The predicted molar refractivity (Wildman–Crippen MR) is 77.5 cm³/mol. The Morgan fingerprint density at radius 2 is 2.29 bits per heavy atom. The van der Waals surface area contributed by atoms with E-state index in [4.69, 9.17) is 0 Å². The van der Waals surface area contributed by atoms with Gasteiger partial charge in [-0.15, -0.1) is 0 Å². The standard InChI is InChI=1S/C16H17FN2O2/c1-10-14(16(21)19-5-4-11(8-19)9-20)6-12-2-3-13(17)7-15(12)18-10/h2-3,6-7,11,20H,4-5,8-9H2,1H3. The molecule has 1 aliphatic heterocycles. The van der Waals surface area contributed by atoms with Crippen LogP contribution in [0.25, 0.3) is 10.9 Å². The van der Waals surface area contributed by atoms with E-state index in [9.17, 15) is 14.3 Å². The van der Waals surface area contributed by atoms with Gasteiger partial charge in [0.05, 0.1) is 16.8 Å². The predicted octanol–water partition coefficient (Wildman–Crippen LogP) is 2.14. The molecule has 5 heteroatoms. The Balaban J connectivity index is 1.95. The van der Waals surface area contributed by atoms with Crippen LogP contribution in [-0.2, 0) is 0 Å². The Morgan fingerprint density at radius 1 is 1.48 bits per heavy atom. The van der Waals surface area contributed by atoms with Crippen LogP contribution >= 0.6 is 0 Å². The number of carbonyl (C=O) groups is 1. The minimum atomic E-state index is -0.334. The molecule has 0 spiro atoms. The summed E-state index contributed by atoms with van der Waals surface area (Å²) in [5.41, 5.74) is 1.71. The molecule has 3 rings (SSSR count). The van der Waals surface area contributed by atoms with Crippen LogP contribution in [0, 0.1) is 18.7 Å². The summed E-state index contributed by atoms with van der Waals surface area (Å²) in [5, 5.41) is 9.93. The number of aliphatic hydroxyl groups excluding tert-OH is 1. The van der Waals surface area contributed by atoms with Crippen molar-refractivity contribution in [2.45, 2.75) is 13.3 Å². The van der Waals surface area contributed by atoms with E-state index in [1.165, 1.54) is 12.1 Å². The lowest BCUT2D eigenvalue weighted by Gasteiger charge is -2.17. The fraction of sp³-hybridized carbons (Fsp3) is 0.375. The number of likely N-dealkylation sites (tertiary alicyclic amines) is 1. The third kappa shape index (κ3) is 2.61. The number of amides is 1. The van der Waals surface area contributed by atoms with Crippen molar-refractivity contribution in [1.29, 1.82) is 0 Å². The molecule has 1 aromatic heterocycles. The topological polar surface area (TPSA) is 53.4 Å². The van der Waals surface area contributed by atoms with Crippen LogP contribution in [0.15, 0.2) is 24.3 Å². The first-order valence-electron chi connectivity index (χ1n) is 7.05. The van der Waals surface area contributed by atoms with Gasteiger partial charge in [-0.2, -0.15) is 0 Å². The number of aromatic nitrogens is 1. The minimum Gasteiger partial charge on any atom is -0.396 e. The highest BCUT2D eigenvalue weighted by Crippen LogP contribution is 2.22. The number of pyridine rings is 1. The lowest BCUT2D eigenvalue weighted by molar-refractivity contribution is 0.0781. The normalized spacial score (nSPS) is 18.4. The molecule has 0 radical (unpaired) electrons. The molecule has 1 atom stereocenters. The van der Waals surface area contributed by atoms with Crippen LogP contribution in [0.1, 0.15) is 22.5 Å². The van der Waals surface area contributed by atoms with Crippen LogP contribution in [0.4, 0.5) is 4.39 Å². The van der Waals surface area contributed by atoms with Gasteiger partial charge in [-0.05, 0) is 31.5 Å². The monoisotopic (exact) mass is 288 g/mol. The van der Waals surface area contributed by atoms with Crippen LogP contribution in [0.5, 0.6) is 0 Å². The molecule has 1 amide bonds. The van der Waals surface area contributed by atoms with Crippen molar-refractivity contribution in [3.05, 3.63) is 41.3 Å². The zero-order valence-electron chi connectivity index (χ0n) is 11.8. The lowest BCUT2D eigenvalue weighted by Crippen LogP contribution is -2.29. The van der Waals surface area contributed by atoms with Crippen LogP contribution < -0.4 is 0 Å². The zero-order chi connectivity index (χ0) is 15.0. The number of carbonyl (C=O) groups excluding carboxylic acids is 1. The highest BCUT2D eigenvalue weighted by molar-refractivity contribution is 5.98. The molecular weight excluding hydrogens is 271 g/mol. The molecule has 110 valence electrons. The van der Waals surface area contributed by atoms with Crippen molar-refractivity contribution in [2.75, 3.05) is 19.7 Å². The molecule has 1 unspecified atom stereocenters. The second-order valence-corrected chi connectivity index (χ2v) is 5.55. The number of hydrogen-bond donors (Lipinski definition) is 1. The van der Waals surface area contributed by atoms with E-state index in [0.717, 1.165) is 11.8 Å². The molecule has 0 saturated carbocycles. The van der Waals surface area contributed by atoms with Crippen LogP contribution in [0.2, 0.25) is 0 Å². The van der Waals surface area contributed by atoms with Gasteiger partial charge in [-0.25, -0.2) is 4.39 Å². The summed E-state index contributed by atoms with van der Waals surface area (Å²) < 4.78 is 13.2. The average Bonchev–Trinajstić information content (AvgIpc) is 2.94. The maximum atomic E-state index is 13.2. The second-order valence-electron chi connectivity index (χ2n) is 5.55. The van der Waals surface area contributed by atoms with Gasteiger partial charge >= 0.3 is 0 Å². The van der Waals surface area contributed by atoms with Gasteiger partial charge in [0.1, 0.15) is 5.82 Å². The largest absolute Gasteiger partial charge is 0.396 e. The van der Waals surface area contributed by atoms with Gasteiger partial charge in [0.15, 0.2) is 0 Å². The fourth-order valence-corrected chi connectivity index (χ4v) is 2.79. The Morgan fingerprint density at radius 3 is 3.00 bits per heavy atom. The molecule has 1 saturated heterocycles. The molecule has 2 aromatic rings. The first-order chi connectivity index (χ1) is 10.1. The number of halogens is 1. The van der Waals surface area contributed by atoms with Gasteiger partial charge < -0.3 is 10.0 Å². The summed E-state index contributed by atoms with van der Waals surface area (Å²) >= 11 is 0. The Kier molecular flexibility index (Phi) is 3.59. The number of aliphatic hydroxyl groups is 1. The lowest BCUT2D eigenvalue weighted by atomic mass is 10.1. The number of benzene rings is 1. The maximum absolute atomic E-state index is 13.2. The summed E-state index contributed by atoms with van der Waals surface area (Å²) in [6.07, 6.45) is 0.827. The van der Waals surface area contributed by atoms with Crippen molar-refractivity contribution < 1.29 is 14.3 Å². The molecular formula is C16H17FN2O2. The van der Waals surface area contributed by atoms with Crippen LogP contribution in [-0.4, -0.2) is 40.6 Å². The zero-order valence-corrected chi connectivity index (χ0v) is 11.8. The summed E-state index contributed by atoms with van der Waals surface area (Å²) in [6.45, 7) is 3.11. The number of nitrogens with zero attached hydrogens (tertiary/aromatic N) is 2. The molecule has 21 heavy (non-hydrogen) atoms. The Hall–Kier alpha value is -2.01. The first-order valence-corrected chi connectivity index (χ1v) is 7.05. The Bertz CT molecular complexity index is 702. The molecule has 1 aliphatic rings. The summed E-state index contributed by atoms with van der Waals surface area (Å²) in [5.74, 6) is -0.238. The van der Waals surface area contributed by atoms with Crippen molar-refractivity contribution >= 4 is 16.8 Å². The molecule has 0 aliphatic carbocycles. The van der Waals surface area contributed by atoms with Gasteiger partial charge in [0.25, 0.3) is 5.91 Å². The Labute approximate surface area is 122 Å². The van der Waals surface area contributed by atoms with E-state index in [0.29, 0.717) is 29.9 Å². The van der Waals surface area contributed by atoms with E-state index >= 15 is 0 Å². The number of aryl methyl sites for hydroxylation is 1. The number of hydrogen-bond acceptors (Lipinski definition) is 3. The molecule has 0 bridgehead atoms. The average molecular weight is 288 g/mol. The highest BCUT2D eigenvalue weighted by atomic mass is 19.1. The van der Waals surface area contributed by atoms with Gasteiger partial charge in [-0.3, -0.25) is 9.78 Å². The summed E-state index contributed by atoms with van der Waals surface area (Å²) in [6, 6.07) is 6.14. The molecule has 2 heterocycles. The van der Waals surface area contributed by atoms with E-state index < -0.39 is 0 Å². The maximum Gasteiger partial charge on any atom is 0.255 e. The second kappa shape index (κ2) is 5.41. The van der Waals surface area contributed by atoms with E-state index in [2.05, 4.69) is 4.98 Å². The van der Waals surface area contributed by atoms with Gasteiger partial charge in [0, 0.05) is 37.1 Å². The first kappa shape index (κ1) is 13.9. The third-order valence-electron chi connectivity index (χ3n) is 4.03. The van der Waals surface area contributed by atoms with Crippen molar-refractivity contribution in [3.8, 4) is 0 Å². The summed E-state index contributed by atoms with van der Waals surface area (Å²) in [7, 11) is 0. The summed E-state index contributed by atoms with van der Waals surface area (Å²) in [4.78, 5) is 18.7. The molecule has 4 nitrogen and oxygen atoms in total. The van der Waals surface area contributed by atoms with E-state index in [-0.39, 0.29) is 24.2 Å². The molecule has 1 N–H and O–H groups in total. The van der Waals surface area contributed by atoms with Crippen LogP contribution in [0.3, 0.4) is 0 Å².